The molecule has 4 rings (SSSR count). The van der Waals surface area contributed by atoms with Gasteiger partial charge in [-0.1, -0.05) is 86.8 Å². The molecule has 3 aromatic carbocycles. The van der Waals surface area contributed by atoms with Crippen LogP contribution >= 0.6 is 0 Å². The number of nitrogens with one attached hydrogen (secondary N) is 1. The van der Waals surface area contributed by atoms with Gasteiger partial charge >= 0.3 is 0 Å². The van der Waals surface area contributed by atoms with Crippen LogP contribution in [0.4, 0.5) is 5.69 Å². The SMILES string of the molecule is CC[C@H](C(=O)NC1CCCCC1)N(Cc1ccccc1)C(=O)CN(c1cccc(C)c1)S(=O)(=O)c1ccccc1. The highest BCUT2D eigenvalue weighted by atomic mass is 32.2. The smallest absolute Gasteiger partial charge is 0.264 e. The first-order chi connectivity index (χ1) is 19.3. The largest absolute Gasteiger partial charge is 0.352 e. The predicted octanol–water partition coefficient (Wildman–Crippen LogP) is 5.45. The van der Waals surface area contributed by atoms with Crippen molar-refractivity contribution in [3.05, 3.63) is 96.1 Å². The van der Waals surface area contributed by atoms with Crippen LogP contribution in [0.1, 0.15) is 56.6 Å². The summed E-state index contributed by atoms with van der Waals surface area (Å²) in [6, 6.07) is 24.1. The zero-order valence-electron chi connectivity index (χ0n) is 23.3. The maximum absolute atomic E-state index is 14.1. The third-order valence-corrected chi connectivity index (χ3v) is 9.22. The van der Waals surface area contributed by atoms with Crippen molar-refractivity contribution in [3.63, 3.8) is 0 Å². The molecule has 0 unspecified atom stereocenters. The molecule has 212 valence electrons. The van der Waals surface area contributed by atoms with E-state index in [4.69, 9.17) is 0 Å². The molecule has 40 heavy (non-hydrogen) atoms. The minimum absolute atomic E-state index is 0.0981. The van der Waals surface area contributed by atoms with E-state index in [1.807, 2.05) is 50.2 Å². The van der Waals surface area contributed by atoms with E-state index < -0.39 is 28.5 Å². The monoisotopic (exact) mass is 561 g/mol. The molecule has 1 fully saturated rings. The van der Waals surface area contributed by atoms with E-state index in [1.54, 1.807) is 36.4 Å². The highest BCUT2D eigenvalue weighted by molar-refractivity contribution is 7.92. The molecule has 0 radical (unpaired) electrons. The van der Waals surface area contributed by atoms with Crippen molar-refractivity contribution in [2.45, 2.75) is 75.9 Å². The van der Waals surface area contributed by atoms with Crippen LogP contribution in [0.2, 0.25) is 0 Å². The van der Waals surface area contributed by atoms with E-state index in [0.717, 1.165) is 41.1 Å². The zero-order chi connectivity index (χ0) is 28.5. The Hall–Kier alpha value is -3.65. The van der Waals surface area contributed by atoms with E-state index in [2.05, 4.69) is 5.32 Å². The highest BCUT2D eigenvalue weighted by Gasteiger charge is 2.34. The Morgan fingerprint density at radius 1 is 0.900 bits per heavy atom. The number of rotatable bonds is 11. The maximum Gasteiger partial charge on any atom is 0.264 e. The molecule has 1 saturated carbocycles. The molecule has 0 aliphatic heterocycles. The van der Waals surface area contributed by atoms with Gasteiger partial charge in [-0.2, -0.15) is 0 Å². The molecule has 1 N–H and O–H groups in total. The average Bonchev–Trinajstić information content (AvgIpc) is 2.97. The standard InChI is InChI=1S/C32H39N3O4S/c1-3-30(32(37)33-27-17-9-5-10-18-27)34(23-26-15-7-4-8-16-26)31(36)24-35(28-19-13-14-25(2)22-28)40(38,39)29-20-11-6-12-21-29/h4,6-8,11-16,19-22,27,30H,3,5,9-10,17-18,23-24H2,1-2H3,(H,33,37)/t30-/m1/s1. The van der Waals surface area contributed by atoms with Crippen LogP contribution in [0.15, 0.2) is 89.8 Å². The number of hydrogen-bond donors (Lipinski definition) is 1. The Labute approximate surface area is 238 Å². The molecule has 1 aliphatic rings. The van der Waals surface area contributed by atoms with Gasteiger partial charge in [0.25, 0.3) is 10.0 Å². The van der Waals surface area contributed by atoms with Gasteiger partial charge in [-0.3, -0.25) is 13.9 Å². The summed E-state index contributed by atoms with van der Waals surface area (Å²) in [6.07, 6.45) is 5.62. The molecule has 0 spiro atoms. The average molecular weight is 562 g/mol. The van der Waals surface area contributed by atoms with Gasteiger partial charge in [0, 0.05) is 12.6 Å². The number of carbonyl (C=O) groups is 2. The topological polar surface area (TPSA) is 86.8 Å². The summed E-state index contributed by atoms with van der Waals surface area (Å²) in [6.45, 7) is 3.53. The second kappa shape index (κ2) is 13.6. The van der Waals surface area contributed by atoms with Gasteiger partial charge in [0.15, 0.2) is 0 Å². The molecule has 0 heterocycles. The fourth-order valence-corrected chi connectivity index (χ4v) is 6.70. The third-order valence-electron chi connectivity index (χ3n) is 7.43. The van der Waals surface area contributed by atoms with E-state index in [9.17, 15) is 18.0 Å². The Bertz CT molecular complexity index is 1370. The Morgan fingerprint density at radius 2 is 1.55 bits per heavy atom. The summed E-state index contributed by atoms with van der Waals surface area (Å²) in [5, 5.41) is 3.17. The van der Waals surface area contributed by atoms with Crippen molar-refractivity contribution >= 4 is 27.5 Å². The van der Waals surface area contributed by atoms with E-state index in [0.29, 0.717) is 12.1 Å². The molecule has 7 nitrogen and oxygen atoms in total. The maximum atomic E-state index is 14.1. The molecular weight excluding hydrogens is 522 g/mol. The number of nitrogens with zero attached hydrogens (tertiary/aromatic N) is 2. The quantitative estimate of drug-likeness (QED) is 0.338. The Morgan fingerprint density at radius 3 is 2.17 bits per heavy atom. The van der Waals surface area contributed by atoms with Gasteiger partial charge in [0.1, 0.15) is 12.6 Å². The highest BCUT2D eigenvalue weighted by Crippen LogP contribution is 2.26. The molecule has 1 aliphatic carbocycles. The number of anilines is 1. The number of sulfonamides is 1. The number of amides is 2. The molecule has 0 bridgehead atoms. The zero-order valence-corrected chi connectivity index (χ0v) is 24.1. The van der Waals surface area contributed by atoms with Gasteiger partial charge in [-0.05, 0) is 61.6 Å². The summed E-state index contributed by atoms with van der Waals surface area (Å²) >= 11 is 0. The van der Waals surface area contributed by atoms with E-state index in [-0.39, 0.29) is 23.4 Å². The van der Waals surface area contributed by atoms with Crippen molar-refractivity contribution in [3.8, 4) is 0 Å². The summed E-state index contributed by atoms with van der Waals surface area (Å²) in [7, 11) is -4.06. The summed E-state index contributed by atoms with van der Waals surface area (Å²) in [5.74, 6) is -0.623. The summed E-state index contributed by atoms with van der Waals surface area (Å²) in [4.78, 5) is 29.3. The van der Waals surface area contributed by atoms with Crippen LogP contribution in [0.3, 0.4) is 0 Å². The Kier molecular flexibility index (Phi) is 9.98. The number of aryl methyl sites for hydroxylation is 1. The van der Waals surface area contributed by atoms with Crippen LogP contribution in [0.25, 0.3) is 0 Å². The summed E-state index contributed by atoms with van der Waals surface area (Å²) < 4.78 is 28.9. The number of hydrogen-bond acceptors (Lipinski definition) is 4. The lowest BCUT2D eigenvalue weighted by atomic mass is 9.95. The van der Waals surface area contributed by atoms with Gasteiger partial charge < -0.3 is 10.2 Å². The lowest BCUT2D eigenvalue weighted by molar-refractivity contribution is -0.140. The van der Waals surface area contributed by atoms with Crippen molar-refractivity contribution in [1.29, 1.82) is 0 Å². The molecule has 2 amide bonds. The minimum atomic E-state index is -4.06. The van der Waals surface area contributed by atoms with Crippen molar-refractivity contribution in [2.24, 2.45) is 0 Å². The molecule has 3 aromatic rings. The van der Waals surface area contributed by atoms with Crippen LogP contribution in [0.5, 0.6) is 0 Å². The first-order valence-corrected chi connectivity index (χ1v) is 15.5. The first-order valence-electron chi connectivity index (χ1n) is 14.1. The van der Waals surface area contributed by atoms with E-state index >= 15 is 0 Å². The minimum Gasteiger partial charge on any atom is -0.352 e. The molecule has 0 saturated heterocycles. The Balaban J connectivity index is 1.68. The van der Waals surface area contributed by atoms with E-state index in [1.165, 1.54) is 23.5 Å². The lowest BCUT2D eigenvalue weighted by Crippen LogP contribution is -2.54. The second-order valence-corrected chi connectivity index (χ2v) is 12.3. The fourth-order valence-electron chi connectivity index (χ4n) is 5.28. The number of carbonyl (C=O) groups excluding carboxylic acids is 2. The van der Waals surface area contributed by atoms with Crippen LogP contribution in [-0.4, -0.2) is 43.8 Å². The normalized spacial score (nSPS) is 14.8. The molecule has 8 heteroatoms. The molecule has 0 aromatic heterocycles. The summed E-state index contributed by atoms with van der Waals surface area (Å²) in [5.41, 5.74) is 2.14. The van der Waals surface area contributed by atoms with Gasteiger partial charge in [-0.15, -0.1) is 0 Å². The lowest BCUT2D eigenvalue weighted by Gasteiger charge is -2.34. The third kappa shape index (κ3) is 7.30. The first kappa shape index (κ1) is 29.3. The van der Waals surface area contributed by atoms with Crippen molar-refractivity contribution in [1.82, 2.24) is 10.2 Å². The van der Waals surface area contributed by atoms with Crippen LogP contribution in [0, 0.1) is 6.92 Å². The van der Waals surface area contributed by atoms with Crippen LogP contribution < -0.4 is 9.62 Å². The van der Waals surface area contributed by atoms with Crippen LogP contribution in [-0.2, 0) is 26.2 Å². The predicted molar refractivity (Wildman–Crippen MR) is 158 cm³/mol. The molecular formula is C32H39N3O4S. The second-order valence-electron chi connectivity index (χ2n) is 10.4. The van der Waals surface area contributed by atoms with Gasteiger partial charge in [-0.25, -0.2) is 8.42 Å². The van der Waals surface area contributed by atoms with Crippen molar-refractivity contribution in [2.75, 3.05) is 10.8 Å². The number of benzene rings is 3. The van der Waals surface area contributed by atoms with Gasteiger partial charge in [0.2, 0.25) is 11.8 Å². The van der Waals surface area contributed by atoms with Crippen molar-refractivity contribution < 1.29 is 18.0 Å². The fraction of sp³-hybridized carbons (Fsp3) is 0.375. The van der Waals surface area contributed by atoms with Gasteiger partial charge in [0.05, 0.1) is 10.6 Å². The molecule has 1 atom stereocenters.